The van der Waals surface area contributed by atoms with Crippen molar-refractivity contribution >= 4 is 17.6 Å². The number of nitrogens with one attached hydrogen (secondary N) is 2. The molecular formula is C16H12N6O3. The first-order valence-electron chi connectivity index (χ1n) is 7.37. The number of nitrogens with two attached hydrogens (primary N) is 1. The Kier molecular flexibility index (Phi) is 3.04. The molecule has 0 saturated heterocycles. The number of hydrogen-bond donors (Lipinski definition) is 3. The van der Waals surface area contributed by atoms with Crippen molar-refractivity contribution in [2.45, 2.75) is 6.92 Å². The highest BCUT2D eigenvalue weighted by molar-refractivity contribution is 6.23. The van der Waals surface area contributed by atoms with E-state index in [2.05, 4.69) is 20.5 Å². The molecule has 0 spiro atoms. The number of aromatic amines is 1. The van der Waals surface area contributed by atoms with Crippen molar-refractivity contribution in [2.24, 2.45) is 0 Å². The van der Waals surface area contributed by atoms with Gasteiger partial charge < -0.3 is 5.73 Å². The number of aryl methyl sites for hydroxylation is 1. The molecule has 0 bridgehead atoms. The average molecular weight is 336 g/mol. The Bertz CT molecular complexity index is 1110. The zero-order valence-corrected chi connectivity index (χ0v) is 13.0. The normalized spacial score (nSPS) is 13.0. The van der Waals surface area contributed by atoms with E-state index in [-0.39, 0.29) is 16.9 Å². The van der Waals surface area contributed by atoms with E-state index in [0.717, 1.165) is 6.07 Å². The molecule has 1 aliphatic heterocycles. The summed E-state index contributed by atoms with van der Waals surface area (Å²) >= 11 is 0. The van der Waals surface area contributed by atoms with Crippen molar-refractivity contribution in [3.8, 4) is 17.1 Å². The number of nitrogen functional groups attached to an aromatic ring is 1. The van der Waals surface area contributed by atoms with Gasteiger partial charge in [-0.3, -0.25) is 29.4 Å². The Labute approximate surface area is 140 Å². The Morgan fingerprint density at radius 1 is 1.12 bits per heavy atom. The summed E-state index contributed by atoms with van der Waals surface area (Å²) in [5.74, 6) is -0.202. The topological polar surface area (TPSA) is 136 Å². The van der Waals surface area contributed by atoms with Crippen LogP contribution in [-0.2, 0) is 0 Å². The number of benzene rings is 1. The Hall–Kier alpha value is -3.75. The number of carbonyl (C=O) groups is 2. The third-order valence-corrected chi connectivity index (χ3v) is 3.91. The zero-order valence-electron chi connectivity index (χ0n) is 13.0. The Morgan fingerprint density at radius 3 is 2.64 bits per heavy atom. The van der Waals surface area contributed by atoms with Gasteiger partial charge in [0.2, 0.25) is 0 Å². The van der Waals surface area contributed by atoms with Crippen LogP contribution in [0.25, 0.3) is 17.1 Å². The van der Waals surface area contributed by atoms with Gasteiger partial charge in [-0.15, -0.1) is 0 Å². The molecule has 0 aliphatic carbocycles. The maximum absolute atomic E-state index is 12.5. The molecule has 9 heteroatoms. The van der Waals surface area contributed by atoms with E-state index in [1.807, 2.05) is 0 Å². The van der Waals surface area contributed by atoms with Gasteiger partial charge in [-0.05, 0) is 19.1 Å². The fourth-order valence-corrected chi connectivity index (χ4v) is 2.80. The molecule has 3 heterocycles. The number of H-pyrrole nitrogens is 1. The second-order valence-corrected chi connectivity index (χ2v) is 5.57. The van der Waals surface area contributed by atoms with Gasteiger partial charge in [0.1, 0.15) is 11.6 Å². The number of imide groups is 1. The van der Waals surface area contributed by atoms with Crippen molar-refractivity contribution in [1.29, 1.82) is 0 Å². The number of rotatable bonds is 2. The number of fused-ring (bicyclic) bond motifs is 1. The minimum absolute atomic E-state index is 0.00346. The highest BCUT2D eigenvalue weighted by atomic mass is 16.2. The molecule has 1 aromatic carbocycles. The molecule has 2 aromatic heterocycles. The molecule has 3 aromatic rings. The second-order valence-electron chi connectivity index (χ2n) is 5.57. The van der Waals surface area contributed by atoms with Crippen LogP contribution in [0, 0.1) is 6.92 Å². The van der Waals surface area contributed by atoms with E-state index >= 15 is 0 Å². The summed E-state index contributed by atoms with van der Waals surface area (Å²) in [5.41, 5.74) is 6.63. The number of anilines is 1. The lowest BCUT2D eigenvalue weighted by Crippen LogP contribution is -2.24. The summed E-state index contributed by atoms with van der Waals surface area (Å²) in [6, 6.07) is 7.97. The number of pyridine rings is 1. The lowest BCUT2D eigenvalue weighted by molar-refractivity contribution is 0.0880. The number of nitrogens with zero attached hydrogens (tertiary/aromatic N) is 3. The highest BCUT2D eigenvalue weighted by Gasteiger charge is 2.31. The lowest BCUT2D eigenvalue weighted by atomic mass is 10.1. The highest BCUT2D eigenvalue weighted by Crippen LogP contribution is 2.24. The van der Waals surface area contributed by atoms with Crippen molar-refractivity contribution in [3.63, 3.8) is 0 Å². The van der Waals surface area contributed by atoms with Gasteiger partial charge in [0.25, 0.3) is 17.4 Å². The first-order valence-corrected chi connectivity index (χ1v) is 7.37. The molecule has 0 saturated carbocycles. The predicted octanol–water partition coefficient (Wildman–Crippen LogP) is 0.397. The molecule has 4 rings (SSSR count). The van der Waals surface area contributed by atoms with Crippen LogP contribution in [0.1, 0.15) is 26.5 Å². The van der Waals surface area contributed by atoms with E-state index < -0.39 is 17.4 Å². The smallest absolute Gasteiger partial charge is 0.262 e. The molecule has 1 aliphatic rings. The fourth-order valence-electron chi connectivity index (χ4n) is 2.80. The minimum Gasteiger partial charge on any atom is -0.384 e. The van der Waals surface area contributed by atoms with E-state index in [1.165, 1.54) is 4.57 Å². The second kappa shape index (κ2) is 5.13. The molecule has 9 nitrogen and oxygen atoms in total. The van der Waals surface area contributed by atoms with Crippen LogP contribution in [0.5, 0.6) is 0 Å². The molecule has 0 atom stereocenters. The number of aromatic nitrogens is 4. The van der Waals surface area contributed by atoms with Gasteiger partial charge in [0.05, 0.1) is 16.8 Å². The summed E-state index contributed by atoms with van der Waals surface area (Å²) < 4.78 is 1.18. The van der Waals surface area contributed by atoms with Crippen LogP contribution >= 0.6 is 0 Å². The Balaban J connectivity index is 1.92. The van der Waals surface area contributed by atoms with Crippen LogP contribution in [0.4, 0.5) is 5.82 Å². The van der Waals surface area contributed by atoms with Crippen molar-refractivity contribution in [3.05, 3.63) is 57.6 Å². The summed E-state index contributed by atoms with van der Waals surface area (Å²) in [7, 11) is 0. The molecule has 25 heavy (non-hydrogen) atoms. The van der Waals surface area contributed by atoms with Crippen molar-refractivity contribution in [2.75, 3.05) is 5.73 Å². The molecular weight excluding hydrogens is 324 g/mol. The summed E-state index contributed by atoms with van der Waals surface area (Å²) in [5, 5.41) is 8.97. The van der Waals surface area contributed by atoms with Crippen molar-refractivity contribution < 1.29 is 9.59 Å². The Morgan fingerprint density at radius 2 is 1.92 bits per heavy atom. The first kappa shape index (κ1) is 14.8. The van der Waals surface area contributed by atoms with Gasteiger partial charge in [-0.25, -0.2) is 4.98 Å². The SMILES string of the molecule is Cc1nc(-c2cccc(-n3c(N)c4c(cc3=O)C(=O)NC4=O)c2)n[nH]1. The first-order chi connectivity index (χ1) is 12.0. The van der Waals surface area contributed by atoms with Gasteiger partial charge in [0, 0.05) is 11.6 Å². The lowest BCUT2D eigenvalue weighted by Gasteiger charge is -2.12. The molecule has 0 radical (unpaired) electrons. The zero-order chi connectivity index (χ0) is 17.7. The van der Waals surface area contributed by atoms with Crippen LogP contribution in [0.15, 0.2) is 35.1 Å². The van der Waals surface area contributed by atoms with Crippen molar-refractivity contribution in [1.82, 2.24) is 25.1 Å². The number of hydrogen-bond acceptors (Lipinski definition) is 6. The van der Waals surface area contributed by atoms with Gasteiger partial charge in [-0.2, -0.15) is 5.10 Å². The molecule has 0 unspecified atom stereocenters. The van der Waals surface area contributed by atoms with Gasteiger partial charge in [-0.1, -0.05) is 12.1 Å². The van der Waals surface area contributed by atoms with E-state index in [1.54, 1.807) is 31.2 Å². The maximum atomic E-state index is 12.5. The summed E-state index contributed by atoms with van der Waals surface area (Å²) in [6.45, 7) is 1.78. The van der Waals surface area contributed by atoms with Crippen LogP contribution in [0.2, 0.25) is 0 Å². The van der Waals surface area contributed by atoms with E-state index in [0.29, 0.717) is 22.9 Å². The molecule has 2 amide bonds. The fraction of sp³-hybridized carbons (Fsp3) is 0.0625. The van der Waals surface area contributed by atoms with Gasteiger partial charge in [0.15, 0.2) is 5.82 Å². The van der Waals surface area contributed by atoms with Crippen LogP contribution in [-0.4, -0.2) is 31.6 Å². The molecule has 4 N–H and O–H groups in total. The summed E-state index contributed by atoms with van der Waals surface area (Å²) in [4.78, 5) is 40.4. The van der Waals surface area contributed by atoms with E-state index in [4.69, 9.17) is 5.73 Å². The molecule has 0 fully saturated rings. The maximum Gasteiger partial charge on any atom is 0.262 e. The third kappa shape index (κ3) is 2.21. The van der Waals surface area contributed by atoms with Crippen LogP contribution in [0.3, 0.4) is 0 Å². The standard InChI is InChI=1S/C16H12N6O3/c1-7-18-14(21-20-7)8-3-2-4-9(5-8)22-11(23)6-10-12(13(22)17)16(25)19-15(10)24/h2-6H,17H2,1H3,(H,18,20,21)(H,19,24,25). The summed E-state index contributed by atoms with van der Waals surface area (Å²) in [6.07, 6.45) is 0. The predicted molar refractivity (Wildman–Crippen MR) is 88.4 cm³/mol. The van der Waals surface area contributed by atoms with Crippen LogP contribution < -0.4 is 16.6 Å². The largest absolute Gasteiger partial charge is 0.384 e. The average Bonchev–Trinajstić information content (AvgIpc) is 3.12. The number of carbonyl (C=O) groups excluding carboxylic acids is 2. The monoisotopic (exact) mass is 336 g/mol. The number of amides is 2. The minimum atomic E-state index is -0.624. The third-order valence-electron chi connectivity index (χ3n) is 3.91. The van der Waals surface area contributed by atoms with E-state index in [9.17, 15) is 14.4 Å². The molecule has 124 valence electrons. The quantitative estimate of drug-likeness (QED) is 0.579. The van der Waals surface area contributed by atoms with Gasteiger partial charge >= 0.3 is 0 Å².